The second kappa shape index (κ2) is 8.55. The monoisotopic (exact) mass is 478 g/mol. The number of aromatic amines is 1. The predicted octanol–water partition coefficient (Wildman–Crippen LogP) is 3.24. The summed E-state index contributed by atoms with van der Waals surface area (Å²) in [7, 11) is -2.89. The van der Waals surface area contributed by atoms with Crippen molar-refractivity contribution in [2.75, 3.05) is 11.8 Å². The van der Waals surface area contributed by atoms with Gasteiger partial charge in [0, 0.05) is 17.3 Å². The van der Waals surface area contributed by atoms with E-state index in [9.17, 15) is 12.8 Å². The van der Waals surface area contributed by atoms with Crippen LogP contribution in [0.2, 0.25) is 5.02 Å². The SMILES string of the molecule is COc1ncc(Cl)cc1S(=O)(=O)Nc1ccc(F)c(COc2cnc3n[nH]c(C)c3c2)n1. The molecule has 0 amide bonds. The quantitative estimate of drug-likeness (QED) is 0.413. The largest absolute Gasteiger partial charge is 0.486 e. The minimum atomic E-state index is -4.17. The summed E-state index contributed by atoms with van der Waals surface area (Å²) in [5.41, 5.74) is 1.23. The summed E-state index contributed by atoms with van der Waals surface area (Å²) in [6.45, 7) is 1.58. The molecule has 2 N–H and O–H groups in total. The molecule has 0 aromatic carbocycles. The zero-order chi connectivity index (χ0) is 22.9. The van der Waals surface area contributed by atoms with Crippen LogP contribution >= 0.6 is 11.6 Å². The first-order valence-corrected chi connectivity index (χ1v) is 10.9. The second-order valence-electron chi connectivity index (χ2n) is 6.57. The van der Waals surface area contributed by atoms with Crippen LogP contribution in [-0.2, 0) is 16.6 Å². The number of ether oxygens (including phenoxy) is 2. The summed E-state index contributed by atoms with van der Waals surface area (Å²) in [6.07, 6.45) is 2.70. The van der Waals surface area contributed by atoms with Crippen LogP contribution in [0.5, 0.6) is 11.6 Å². The number of fused-ring (bicyclic) bond motifs is 1. The molecule has 4 aromatic heterocycles. The first-order valence-electron chi connectivity index (χ1n) is 9.08. The molecule has 0 saturated carbocycles. The van der Waals surface area contributed by atoms with Crippen LogP contribution in [0.1, 0.15) is 11.4 Å². The van der Waals surface area contributed by atoms with Crippen LogP contribution < -0.4 is 14.2 Å². The van der Waals surface area contributed by atoms with Crippen LogP contribution in [0.25, 0.3) is 11.0 Å². The molecule has 32 heavy (non-hydrogen) atoms. The van der Waals surface area contributed by atoms with Crippen LogP contribution in [0.3, 0.4) is 0 Å². The highest BCUT2D eigenvalue weighted by Gasteiger charge is 2.22. The van der Waals surface area contributed by atoms with Gasteiger partial charge in [-0.3, -0.25) is 9.82 Å². The van der Waals surface area contributed by atoms with Crippen molar-refractivity contribution >= 4 is 38.5 Å². The number of aryl methyl sites for hydroxylation is 1. The molecule has 0 atom stereocenters. The number of methoxy groups -OCH3 is 1. The highest BCUT2D eigenvalue weighted by molar-refractivity contribution is 7.92. The number of pyridine rings is 3. The Morgan fingerprint density at radius 2 is 2.03 bits per heavy atom. The molecule has 4 aromatic rings. The smallest absolute Gasteiger partial charge is 0.268 e. The molecule has 166 valence electrons. The third-order valence-electron chi connectivity index (χ3n) is 4.38. The standard InChI is InChI=1S/C19H16ClFN6O4S/c1-10-13-6-12(8-22-18(13)26-25-10)31-9-15-14(21)3-4-17(24-15)27-32(28,29)16-5-11(20)7-23-19(16)30-2/h3-8H,9H2,1-2H3,(H,24,27)(H,22,25,26). The van der Waals surface area contributed by atoms with Crippen molar-refractivity contribution in [3.05, 3.63) is 58.9 Å². The predicted molar refractivity (Wildman–Crippen MR) is 114 cm³/mol. The molecule has 0 aliphatic rings. The number of nitrogens with zero attached hydrogens (tertiary/aromatic N) is 4. The Balaban J connectivity index is 1.55. The topological polar surface area (TPSA) is 132 Å². The number of halogens is 2. The van der Waals surface area contributed by atoms with Crippen molar-refractivity contribution in [2.24, 2.45) is 0 Å². The maximum absolute atomic E-state index is 14.3. The summed E-state index contributed by atoms with van der Waals surface area (Å²) >= 11 is 5.86. The Kier molecular flexibility index (Phi) is 5.80. The minimum Gasteiger partial charge on any atom is -0.486 e. The number of aromatic nitrogens is 5. The Hall–Kier alpha value is -3.51. The first-order chi connectivity index (χ1) is 15.3. The van der Waals surface area contributed by atoms with Gasteiger partial charge in [-0.1, -0.05) is 11.6 Å². The Labute approximate surface area is 186 Å². The fourth-order valence-corrected chi connectivity index (χ4v) is 4.19. The van der Waals surface area contributed by atoms with Gasteiger partial charge >= 0.3 is 0 Å². The maximum Gasteiger partial charge on any atom is 0.268 e. The van der Waals surface area contributed by atoms with Gasteiger partial charge < -0.3 is 9.47 Å². The normalized spacial score (nSPS) is 11.5. The van der Waals surface area contributed by atoms with Gasteiger partial charge in [-0.25, -0.2) is 27.8 Å². The molecule has 0 spiro atoms. The number of H-pyrrole nitrogens is 1. The lowest BCUT2D eigenvalue weighted by Crippen LogP contribution is -2.16. The Morgan fingerprint density at radius 3 is 2.81 bits per heavy atom. The van der Waals surface area contributed by atoms with Gasteiger partial charge in [0.15, 0.2) is 10.5 Å². The number of nitrogens with one attached hydrogen (secondary N) is 2. The molecule has 0 fully saturated rings. The highest BCUT2D eigenvalue weighted by atomic mass is 35.5. The number of rotatable bonds is 7. The number of anilines is 1. The van der Waals surface area contributed by atoms with E-state index in [-0.39, 0.29) is 33.9 Å². The molecule has 0 unspecified atom stereocenters. The maximum atomic E-state index is 14.3. The van der Waals surface area contributed by atoms with E-state index >= 15 is 0 Å². The fraction of sp³-hybridized carbons (Fsp3) is 0.158. The van der Waals surface area contributed by atoms with Gasteiger partial charge in [0.1, 0.15) is 29.7 Å². The lowest BCUT2D eigenvalue weighted by molar-refractivity contribution is 0.293. The third-order valence-corrected chi connectivity index (χ3v) is 5.93. The molecule has 0 aliphatic heterocycles. The summed E-state index contributed by atoms with van der Waals surface area (Å²) in [6, 6.07) is 5.16. The molecule has 0 radical (unpaired) electrons. The van der Waals surface area contributed by atoms with Gasteiger partial charge in [-0.2, -0.15) is 5.10 Å². The zero-order valence-electron chi connectivity index (χ0n) is 16.8. The van der Waals surface area contributed by atoms with Crippen molar-refractivity contribution in [1.29, 1.82) is 0 Å². The summed E-state index contributed by atoms with van der Waals surface area (Å²) in [5.74, 6) is -0.552. The van der Waals surface area contributed by atoms with Crippen molar-refractivity contribution in [1.82, 2.24) is 25.1 Å². The van der Waals surface area contributed by atoms with E-state index in [4.69, 9.17) is 21.1 Å². The van der Waals surface area contributed by atoms with Gasteiger partial charge in [-0.15, -0.1) is 0 Å². The first kappa shape index (κ1) is 21.7. The van der Waals surface area contributed by atoms with E-state index in [2.05, 4.69) is 29.9 Å². The van der Waals surface area contributed by atoms with Gasteiger partial charge in [-0.05, 0) is 31.2 Å². The van der Waals surface area contributed by atoms with Crippen LogP contribution in [-0.4, -0.2) is 40.7 Å². The lowest BCUT2D eigenvalue weighted by atomic mass is 10.3. The summed E-state index contributed by atoms with van der Waals surface area (Å²) < 4.78 is 52.7. The third kappa shape index (κ3) is 4.41. The van der Waals surface area contributed by atoms with E-state index in [1.165, 1.54) is 31.6 Å². The molecule has 0 bridgehead atoms. The average molecular weight is 479 g/mol. The van der Waals surface area contributed by atoms with E-state index in [0.717, 1.165) is 17.1 Å². The Bertz CT molecular complexity index is 1410. The van der Waals surface area contributed by atoms with E-state index in [1.54, 1.807) is 6.07 Å². The average Bonchev–Trinajstić information content (AvgIpc) is 3.14. The van der Waals surface area contributed by atoms with E-state index in [0.29, 0.717) is 11.4 Å². The number of hydrogen-bond acceptors (Lipinski definition) is 8. The molecule has 4 heterocycles. The van der Waals surface area contributed by atoms with Crippen molar-refractivity contribution < 1.29 is 22.3 Å². The van der Waals surface area contributed by atoms with E-state index < -0.39 is 15.8 Å². The summed E-state index contributed by atoms with van der Waals surface area (Å²) in [5, 5.41) is 7.71. The lowest BCUT2D eigenvalue weighted by Gasteiger charge is -2.12. The highest BCUT2D eigenvalue weighted by Crippen LogP contribution is 2.26. The van der Waals surface area contributed by atoms with Crippen molar-refractivity contribution in [3.8, 4) is 11.6 Å². The molecular weight excluding hydrogens is 463 g/mol. The molecule has 13 heteroatoms. The summed E-state index contributed by atoms with van der Waals surface area (Å²) in [4.78, 5) is 11.7. The van der Waals surface area contributed by atoms with Gasteiger partial charge in [0.2, 0.25) is 5.88 Å². The van der Waals surface area contributed by atoms with Crippen molar-refractivity contribution in [2.45, 2.75) is 18.4 Å². The number of sulfonamides is 1. The van der Waals surface area contributed by atoms with Crippen LogP contribution in [0.15, 0.2) is 41.6 Å². The van der Waals surface area contributed by atoms with Crippen molar-refractivity contribution in [3.63, 3.8) is 0 Å². The van der Waals surface area contributed by atoms with Gasteiger partial charge in [0.25, 0.3) is 10.0 Å². The fourth-order valence-electron chi connectivity index (χ4n) is 2.82. The number of hydrogen-bond donors (Lipinski definition) is 2. The van der Waals surface area contributed by atoms with E-state index in [1.807, 2.05) is 6.92 Å². The van der Waals surface area contributed by atoms with Gasteiger partial charge in [0.05, 0.1) is 18.3 Å². The molecule has 0 saturated heterocycles. The molecule has 4 rings (SSSR count). The second-order valence-corrected chi connectivity index (χ2v) is 8.66. The minimum absolute atomic E-state index is 0.103. The Morgan fingerprint density at radius 1 is 1.22 bits per heavy atom. The molecular formula is C19H16ClFN6O4S. The van der Waals surface area contributed by atoms with Crippen LogP contribution in [0.4, 0.5) is 10.2 Å². The zero-order valence-corrected chi connectivity index (χ0v) is 18.3. The molecule has 0 aliphatic carbocycles. The molecule has 10 nitrogen and oxygen atoms in total. The van der Waals surface area contributed by atoms with Crippen LogP contribution in [0, 0.1) is 12.7 Å².